The third-order valence-electron chi connectivity index (χ3n) is 3.65. The van der Waals surface area contributed by atoms with Gasteiger partial charge in [-0.05, 0) is 39.9 Å². The smallest absolute Gasteiger partial charge is 0.242 e. The van der Waals surface area contributed by atoms with Crippen molar-refractivity contribution >= 4 is 10.0 Å². The summed E-state index contributed by atoms with van der Waals surface area (Å²) >= 11 is 0. The molecule has 0 saturated carbocycles. The number of rotatable bonds is 5. The van der Waals surface area contributed by atoms with Crippen LogP contribution < -0.4 is 4.72 Å². The van der Waals surface area contributed by atoms with Crippen molar-refractivity contribution in [2.45, 2.75) is 43.9 Å². The molecular formula is C13H23N3O3S. The molecule has 1 unspecified atom stereocenters. The minimum Gasteiger partial charge on any atom is -0.390 e. The van der Waals surface area contributed by atoms with Crippen molar-refractivity contribution in [1.82, 2.24) is 14.2 Å². The molecule has 0 aromatic carbocycles. The lowest BCUT2D eigenvalue weighted by atomic mass is 10.3. The zero-order valence-corrected chi connectivity index (χ0v) is 13.0. The van der Waals surface area contributed by atoms with Crippen molar-refractivity contribution in [3.05, 3.63) is 18.0 Å². The topological polar surface area (TPSA) is 74.6 Å². The third kappa shape index (κ3) is 3.22. The van der Waals surface area contributed by atoms with Crippen LogP contribution >= 0.6 is 0 Å². The third-order valence-corrected chi connectivity index (χ3v) is 5.14. The summed E-state index contributed by atoms with van der Waals surface area (Å²) in [4.78, 5) is 2.33. The Labute approximate surface area is 120 Å². The highest BCUT2D eigenvalue weighted by Gasteiger charge is 2.26. The minimum absolute atomic E-state index is 0.0371. The molecule has 1 saturated heterocycles. The second kappa shape index (κ2) is 5.85. The van der Waals surface area contributed by atoms with Crippen LogP contribution in [0, 0.1) is 0 Å². The number of likely N-dealkylation sites (tertiary alicyclic amines) is 1. The summed E-state index contributed by atoms with van der Waals surface area (Å²) in [5.41, 5.74) is 0.615. The van der Waals surface area contributed by atoms with Crippen molar-refractivity contribution in [3.8, 4) is 0 Å². The van der Waals surface area contributed by atoms with Crippen molar-refractivity contribution in [2.75, 3.05) is 20.1 Å². The van der Waals surface area contributed by atoms with E-state index in [9.17, 15) is 13.5 Å². The van der Waals surface area contributed by atoms with Crippen LogP contribution in [0.1, 0.15) is 32.0 Å². The maximum Gasteiger partial charge on any atom is 0.242 e. The van der Waals surface area contributed by atoms with Gasteiger partial charge < -0.3 is 14.6 Å². The summed E-state index contributed by atoms with van der Waals surface area (Å²) in [6.45, 7) is 5.38. The highest BCUT2D eigenvalue weighted by molar-refractivity contribution is 7.89. The Balaban J connectivity index is 2.21. The number of hydrogen-bond acceptors (Lipinski definition) is 4. The normalized spacial score (nSPS) is 20.9. The van der Waals surface area contributed by atoms with Crippen LogP contribution in [-0.4, -0.2) is 49.2 Å². The van der Waals surface area contributed by atoms with Crippen molar-refractivity contribution < 1.29 is 13.5 Å². The molecule has 1 fully saturated rings. The molecule has 0 radical (unpaired) electrons. The maximum atomic E-state index is 12.4. The summed E-state index contributed by atoms with van der Waals surface area (Å²) < 4.78 is 29.3. The number of aromatic nitrogens is 1. The molecule has 7 heteroatoms. The van der Waals surface area contributed by atoms with Crippen molar-refractivity contribution in [1.29, 1.82) is 0 Å². The van der Waals surface area contributed by atoms with Gasteiger partial charge in [0.1, 0.15) is 0 Å². The summed E-state index contributed by atoms with van der Waals surface area (Å²) in [7, 11) is -1.54. The first-order valence-corrected chi connectivity index (χ1v) is 8.34. The lowest BCUT2D eigenvalue weighted by Gasteiger charge is -2.12. The lowest BCUT2D eigenvalue weighted by Crippen LogP contribution is -2.36. The van der Waals surface area contributed by atoms with E-state index in [0.29, 0.717) is 5.69 Å². The Bertz CT molecular complexity index is 565. The first-order chi connectivity index (χ1) is 9.33. The van der Waals surface area contributed by atoms with E-state index in [1.807, 2.05) is 20.9 Å². The molecule has 20 heavy (non-hydrogen) atoms. The fourth-order valence-corrected chi connectivity index (χ4v) is 3.88. The van der Waals surface area contributed by atoms with E-state index in [1.54, 1.807) is 16.8 Å². The van der Waals surface area contributed by atoms with E-state index in [0.717, 1.165) is 19.5 Å². The Hall–Kier alpha value is -0.890. The number of aliphatic hydroxyl groups excluding tert-OH is 1. The van der Waals surface area contributed by atoms with Crippen LogP contribution in [-0.2, 0) is 16.6 Å². The second-order valence-corrected chi connectivity index (χ2v) is 7.41. The van der Waals surface area contributed by atoms with Gasteiger partial charge in [-0.2, -0.15) is 0 Å². The molecule has 1 aromatic rings. The van der Waals surface area contributed by atoms with Crippen molar-refractivity contribution in [2.24, 2.45) is 0 Å². The number of sulfonamides is 1. The van der Waals surface area contributed by atoms with E-state index in [2.05, 4.69) is 9.62 Å². The van der Waals surface area contributed by atoms with Crippen LogP contribution in [0.4, 0.5) is 0 Å². The van der Waals surface area contributed by atoms with Gasteiger partial charge in [-0.1, -0.05) is 0 Å². The van der Waals surface area contributed by atoms with Crippen LogP contribution in [0.2, 0.25) is 0 Å². The van der Waals surface area contributed by atoms with Gasteiger partial charge in [0.2, 0.25) is 10.0 Å². The highest BCUT2D eigenvalue weighted by atomic mass is 32.2. The zero-order valence-electron chi connectivity index (χ0n) is 12.2. The molecule has 1 atom stereocenters. The number of nitrogens with zero attached hydrogens (tertiary/aromatic N) is 2. The SMILES string of the molecule is CC(C)n1cc(S(=O)(=O)NC2CCN(C)C2)cc1CO. The van der Waals surface area contributed by atoms with E-state index in [-0.39, 0.29) is 23.6 Å². The summed E-state index contributed by atoms with van der Waals surface area (Å²) in [6, 6.07) is 1.62. The predicted molar refractivity (Wildman–Crippen MR) is 77.0 cm³/mol. The van der Waals surface area contributed by atoms with Crippen molar-refractivity contribution in [3.63, 3.8) is 0 Å². The van der Waals surface area contributed by atoms with E-state index in [4.69, 9.17) is 0 Å². The van der Waals surface area contributed by atoms with Crippen LogP contribution in [0.5, 0.6) is 0 Å². The second-order valence-electron chi connectivity index (χ2n) is 5.70. The predicted octanol–water partition coefficient (Wildman–Crippen LogP) is 0.544. The Morgan fingerprint density at radius 2 is 2.20 bits per heavy atom. The number of hydrogen-bond donors (Lipinski definition) is 2. The molecule has 0 bridgehead atoms. The molecule has 114 valence electrons. The van der Waals surface area contributed by atoms with Crippen LogP contribution in [0.25, 0.3) is 0 Å². The van der Waals surface area contributed by atoms with Gasteiger partial charge in [0.15, 0.2) is 0 Å². The quantitative estimate of drug-likeness (QED) is 0.832. The molecule has 1 aromatic heterocycles. The number of likely N-dealkylation sites (N-methyl/N-ethyl adjacent to an activating group) is 1. The first kappa shape index (κ1) is 15.5. The summed E-state index contributed by atoms with van der Waals surface area (Å²) in [6.07, 6.45) is 2.42. The van der Waals surface area contributed by atoms with Crippen LogP contribution in [0.15, 0.2) is 17.2 Å². The summed E-state index contributed by atoms with van der Waals surface area (Å²) in [5, 5.41) is 9.32. The van der Waals surface area contributed by atoms with Gasteiger partial charge >= 0.3 is 0 Å². The monoisotopic (exact) mass is 301 g/mol. The Kier molecular flexibility index (Phi) is 4.53. The average Bonchev–Trinajstić information content (AvgIpc) is 2.95. The summed E-state index contributed by atoms with van der Waals surface area (Å²) in [5.74, 6) is 0. The van der Waals surface area contributed by atoms with Gasteiger partial charge in [0.05, 0.1) is 11.5 Å². The van der Waals surface area contributed by atoms with Gasteiger partial charge in [-0.25, -0.2) is 13.1 Å². The Morgan fingerprint density at radius 1 is 1.50 bits per heavy atom. The molecule has 6 nitrogen and oxygen atoms in total. The molecule has 0 aliphatic carbocycles. The van der Waals surface area contributed by atoms with E-state index >= 15 is 0 Å². The fraction of sp³-hybridized carbons (Fsp3) is 0.692. The standard InChI is InChI=1S/C13H23N3O3S/c1-10(2)16-8-13(6-12(16)9-17)20(18,19)14-11-4-5-15(3)7-11/h6,8,10-11,14,17H,4-5,7,9H2,1-3H3. The minimum atomic E-state index is -3.52. The fourth-order valence-electron chi connectivity index (χ4n) is 2.57. The molecular weight excluding hydrogens is 278 g/mol. The first-order valence-electron chi connectivity index (χ1n) is 6.86. The molecule has 2 N–H and O–H groups in total. The molecule has 1 aliphatic heterocycles. The van der Waals surface area contributed by atoms with Gasteiger partial charge in [-0.3, -0.25) is 0 Å². The van der Waals surface area contributed by atoms with E-state index < -0.39 is 10.0 Å². The van der Waals surface area contributed by atoms with Gasteiger partial charge in [0, 0.05) is 30.5 Å². The van der Waals surface area contributed by atoms with Gasteiger partial charge in [-0.15, -0.1) is 0 Å². The maximum absolute atomic E-state index is 12.4. The largest absolute Gasteiger partial charge is 0.390 e. The van der Waals surface area contributed by atoms with Gasteiger partial charge in [0.25, 0.3) is 0 Å². The molecule has 2 rings (SSSR count). The number of nitrogens with one attached hydrogen (secondary N) is 1. The Morgan fingerprint density at radius 3 is 2.65 bits per heavy atom. The van der Waals surface area contributed by atoms with Crippen LogP contribution in [0.3, 0.4) is 0 Å². The van der Waals surface area contributed by atoms with E-state index in [1.165, 1.54) is 0 Å². The molecule has 2 heterocycles. The average molecular weight is 301 g/mol. The number of aliphatic hydroxyl groups is 1. The lowest BCUT2D eigenvalue weighted by molar-refractivity contribution is 0.268. The molecule has 1 aliphatic rings. The molecule has 0 amide bonds. The highest BCUT2D eigenvalue weighted by Crippen LogP contribution is 2.20. The molecule has 0 spiro atoms. The zero-order chi connectivity index (χ0) is 14.9.